The minimum atomic E-state index is 0.218. The van der Waals surface area contributed by atoms with Crippen LogP contribution in [0.15, 0.2) is 23.1 Å². The van der Waals surface area contributed by atoms with Gasteiger partial charge in [0.1, 0.15) is 0 Å². The standard InChI is InChI=1S/C14H23NOS/c1-10(2)15-8-13-7-11(3)5-6-14(13)17-12(4)9-16/h5-7,10,12,15-16H,8-9H2,1-4H3. The van der Waals surface area contributed by atoms with Crippen LogP contribution < -0.4 is 5.32 Å². The predicted octanol–water partition coefficient (Wildman–Crippen LogP) is 2.97. The average Bonchev–Trinajstić information content (AvgIpc) is 2.29. The molecule has 0 spiro atoms. The van der Waals surface area contributed by atoms with Gasteiger partial charge in [0.2, 0.25) is 0 Å². The predicted molar refractivity (Wildman–Crippen MR) is 75.6 cm³/mol. The zero-order chi connectivity index (χ0) is 12.8. The van der Waals surface area contributed by atoms with Crippen molar-refractivity contribution in [2.75, 3.05) is 6.61 Å². The number of aryl methyl sites for hydroxylation is 1. The summed E-state index contributed by atoms with van der Waals surface area (Å²) in [7, 11) is 0. The lowest BCUT2D eigenvalue weighted by Gasteiger charge is -2.15. The topological polar surface area (TPSA) is 32.3 Å². The van der Waals surface area contributed by atoms with Gasteiger partial charge >= 0.3 is 0 Å². The smallest absolute Gasteiger partial charge is 0.0550 e. The fourth-order valence-electron chi connectivity index (χ4n) is 1.53. The van der Waals surface area contributed by atoms with Crippen LogP contribution in [0.5, 0.6) is 0 Å². The van der Waals surface area contributed by atoms with Crippen LogP contribution in [0.25, 0.3) is 0 Å². The highest BCUT2D eigenvalue weighted by molar-refractivity contribution is 8.00. The maximum absolute atomic E-state index is 9.12. The summed E-state index contributed by atoms with van der Waals surface area (Å²) in [5, 5.41) is 12.8. The van der Waals surface area contributed by atoms with Gasteiger partial charge in [0.05, 0.1) is 6.61 Å². The molecule has 0 saturated carbocycles. The van der Waals surface area contributed by atoms with Gasteiger partial charge in [-0.05, 0) is 18.6 Å². The van der Waals surface area contributed by atoms with Crippen molar-refractivity contribution in [3.8, 4) is 0 Å². The molecule has 1 aromatic carbocycles. The third kappa shape index (κ3) is 5.11. The van der Waals surface area contributed by atoms with Crippen molar-refractivity contribution in [2.45, 2.75) is 50.4 Å². The first-order valence-electron chi connectivity index (χ1n) is 6.13. The fraction of sp³-hybridized carbons (Fsp3) is 0.571. The summed E-state index contributed by atoms with van der Waals surface area (Å²) in [4.78, 5) is 1.27. The Hall–Kier alpha value is -0.510. The van der Waals surface area contributed by atoms with Gasteiger partial charge in [-0.15, -0.1) is 11.8 Å². The molecule has 1 aromatic rings. The zero-order valence-corrected chi connectivity index (χ0v) is 12.0. The molecule has 0 amide bonds. The lowest BCUT2D eigenvalue weighted by Crippen LogP contribution is -2.22. The van der Waals surface area contributed by atoms with Gasteiger partial charge in [0.25, 0.3) is 0 Å². The van der Waals surface area contributed by atoms with E-state index < -0.39 is 0 Å². The van der Waals surface area contributed by atoms with Crippen LogP contribution >= 0.6 is 11.8 Å². The molecule has 2 N–H and O–H groups in total. The van der Waals surface area contributed by atoms with Gasteiger partial charge in [-0.1, -0.05) is 38.5 Å². The maximum atomic E-state index is 9.12. The summed E-state index contributed by atoms with van der Waals surface area (Å²) in [6.07, 6.45) is 0. The SMILES string of the molecule is Cc1ccc(SC(C)CO)c(CNC(C)C)c1. The van der Waals surface area contributed by atoms with Gasteiger partial charge in [-0.25, -0.2) is 0 Å². The van der Waals surface area contributed by atoms with Crippen LogP contribution in [0, 0.1) is 6.92 Å². The molecule has 0 aliphatic carbocycles. The zero-order valence-electron chi connectivity index (χ0n) is 11.2. The summed E-state index contributed by atoms with van der Waals surface area (Å²) in [6, 6.07) is 7.00. The molecule has 0 saturated heterocycles. The second-order valence-corrected chi connectivity index (χ2v) is 6.24. The van der Waals surface area contributed by atoms with E-state index in [-0.39, 0.29) is 11.9 Å². The Labute approximate surface area is 109 Å². The average molecular weight is 253 g/mol. The van der Waals surface area contributed by atoms with E-state index in [1.54, 1.807) is 11.8 Å². The van der Waals surface area contributed by atoms with E-state index in [1.807, 2.05) is 6.92 Å². The molecule has 0 aliphatic rings. The summed E-state index contributed by atoms with van der Waals surface area (Å²) >= 11 is 1.74. The number of hydrogen-bond donors (Lipinski definition) is 2. The summed E-state index contributed by atoms with van der Waals surface area (Å²) in [5.74, 6) is 0. The lowest BCUT2D eigenvalue weighted by molar-refractivity contribution is 0.300. The van der Waals surface area contributed by atoms with Crippen LogP contribution in [0.1, 0.15) is 31.9 Å². The normalized spacial score (nSPS) is 13.1. The second-order valence-electron chi connectivity index (χ2n) is 4.76. The van der Waals surface area contributed by atoms with Gasteiger partial charge in [-0.3, -0.25) is 0 Å². The van der Waals surface area contributed by atoms with E-state index >= 15 is 0 Å². The first-order chi connectivity index (χ1) is 8.02. The molecule has 1 atom stereocenters. The van der Waals surface area contributed by atoms with E-state index in [0.29, 0.717) is 6.04 Å². The Morgan fingerprint density at radius 3 is 2.59 bits per heavy atom. The van der Waals surface area contributed by atoms with Crippen molar-refractivity contribution in [1.82, 2.24) is 5.32 Å². The first-order valence-corrected chi connectivity index (χ1v) is 7.01. The minimum Gasteiger partial charge on any atom is -0.395 e. The highest BCUT2D eigenvalue weighted by atomic mass is 32.2. The highest BCUT2D eigenvalue weighted by Crippen LogP contribution is 2.27. The van der Waals surface area contributed by atoms with E-state index in [2.05, 4.69) is 44.3 Å². The molecule has 0 heterocycles. The van der Waals surface area contributed by atoms with Gasteiger partial charge < -0.3 is 10.4 Å². The molecule has 96 valence electrons. The van der Waals surface area contributed by atoms with Crippen molar-refractivity contribution in [2.24, 2.45) is 0 Å². The Kier molecular flexibility index (Phi) is 6.03. The second kappa shape index (κ2) is 7.04. The molecule has 2 nitrogen and oxygen atoms in total. The highest BCUT2D eigenvalue weighted by Gasteiger charge is 2.08. The Morgan fingerprint density at radius 1 is 1.29 bits per heavy atom. The summed E-state index contributed by atoms with van der Waals surface area (Å²) in [5.41, 5.74) is 2.61. The van der Waals surface area contributed by atoms with E-state index in [0.717, 1.165) is 6.54 Å². The van der Waals surface area contributed by atoms with Crippen LogP contribution in [0.4, 0.5) is 0 Å². The molecule has 3 heteroatoms. The van der Waals surface area contributed by atoms with E-state index in [4.69, 9.17) is 5.11 Å². The number of aliphatic hydroxyl groups excluding tert-OH is 1. The van der Waals surface area contributed by atoms with E-state index in [1.165, 1.54) is 16.0 Å². The van der Waals surface area contributed by atoms with Gasteiger partial charge in [-0.2, -0.15) is 0 Å². The molecular formula is C14H23NOS. The largest absolute Gasteiger partial charge is 0.395 e. The number of rotatable bonds is 6. The third-order valence-electron chi connectivity index (χ3n) is 2.50. The van der Waals surface area contributed by atoms with Gasteiger partial charge in [0.15, 0.2) is 0 Å². The molecule has 0 aromatic heterocycles. The van der Waals surface area contributed by atoms with Crippen molar-refractivity contribution >= 4 is 11.8 Å². The molecule has 0 aliphatic heterocycles. The quantitative estimate of drug-likeness (QED) is 0.765. The van der Waals surface area contributed by atoms with E-state index in [9.17, 15) is 0 Å². The maximum Gasteiger partial charge on any atom is 0.0550 e. The van der Waals surface area contributed by atoms with Crippen LogP contribution in [-0.2, 0) is 6.54 Å². The molecular weight excluding hydrogens is 230 g/mol. The minimum absolute atomic E-state index is 0.218. The Balaban J connectivity index is 2.79. The van der Waals surface area contributed by atoms with Crippen LogP contribution in [-0.4, -0.2) is 23.0 Å². The molecule has 1 rings (SSSR count). The van der Waals surface area contributed by atoms with Crippen molar-refractivity contribution in [3.63, 3.8) is 0 Å². The van der Waals surface area contributed by atoms with Crippen LogP contribution in [0.3, 0.4) is 0 Å². The first kappa shape index (κ1) is 14.6. The summed E-state index contributed by atoms with van der Waals surface area (Å²) in [6.45, 7) is 9.57. The lowest BCUT2D eigenvalue weighted by atomic mass is 10.1. The molecule has 0 radical (unpaired) electrons. The number of benzene rings is 1. The van der Waals surface area contributed by atoms with Crippen molar-refractivity contribution in [1.29, 1.82) is 0 Å². The molecule has 17 heavy (non-hydrogen) atoms. The molecule has 0 fully saturated rings. The Morgan fingerprint density at radius 2 is 2.00 bits per heavy atom. The third-order valence-corrected chi connectivity index (χ3v) is 3.71. The fourth-order valence-corrected chi connectivity index (χ4v) is 2.47. The molecule has 1 unspecified atom stereocenters. The van der Waals surface area contributed by atoms with Crippen molar-refractivity contribution < 1.29 is 5.11 Å². The number of aliphatic hydroxyl groups is 1. The van der Waals surface area contributed by atoms with Crippen LogP contribution in [0.2, 0.25) is 0 Å². The molecule has 0 bridgehead atoms. The van der Waals surface area contributed by atoms with Gasteiger partial charge in [0, 0.05) is 22.7 Å². The number of thioether (sulfide) groups is 1. The summed E-state index contributed by atoms with van der Waals surface area (Å²) < 4.78 is 0. The monoisotopic (exact) mass is 253 g/mol. The Bertz CT molecular complexity index is 352. The number of hydrogen-bond acceptors (Lipinski definition) is 3. The van der Waals surface area contributed by atoms with Crippen molar-refractivity contribution in [3.05, 3.63) is 29.3 Å². The number of nitrogens with one attached hydrogen (secondary N) is 1.